The van der Waals surface area contributed by atoms with Crippen molar-refractivity contribution in [1.82, 2.24) is 0 Å². The van der Waals surface area contributed by atoms with Gasteiger partial charge in [-0.15, -0.1) is 0 Å². The van der Waals surface area contributed by atoms with E-state index in [1.807, 2.05) is 0 Å². The van der Waals surface area contributed by atoms with Crippen molar-refractivity contribution in [1.29, 1.82) is 0 Å². The monoisotopic (exact) mass is 503 g/mol. The van der Waals surface area contributed by atoms with E-state index in [4.69, 9.17) is 15.6 Å². The van der Waals surface area contributed by atoms with E-state index in [2.05, 4.69) is 4.01 Å². The summed E-state index contributed by atoms with van der Waals surface area (Å²) in [6.07, 6.45) is 0.529. The van der Waals surface area contributed by atoms with E-state index in [1.165, 1.54) is 1.70 Å². The fraction of sp³-hybridized carbons (Fsp3) is 0.308. The number of aliphatic carboxylic acids is 1. The zero-order valence-corrected chi connectivity index (χ0v) is 14.8. The Hall–Kier alpha value is -0.550. The van der Waals surface area contributed by atoms with Crippen LogP contribution in [0.2, 0.25) is 0 Å². The largest absolute Gasteiger partial charge is 0.508 e. The van der Waals surface area contributed by atoms with Crippen molar-refractivity contribution >= 4 is 53.1 Å². The average Bonchev–Trinajstić information content (AvgIpc) is 2.43. The number of benzene rings is 1. The Bertz CT molecular complexity index is 542. The molecule has 0 aromatic heterocycles. The molecular weight excluding hydrogens is 488 g/mol. The molecule has 110 valence electrons. The van der Waals surface area contributed by atoms with Gasteiger partial charge in [0.25, 0.3) is 0 Å². The summed E-state index contributed by atoms with van der Waals surface area (Å²) < 4.78 is 10.2. The molecule has 4 N–H and O–H groups in total. The van der Waals surface area contributed by atoms with Crippen LogP contribution in [0, 0.1) is 5.92 Å². The number of ether oxygens (including phenoxy) is 1. The van der Waals surface area contributed by atoms with Gasteiger partial charge < -0.3 is 20.7 Å². The molecule has 5 nitrogen and oxygen atoms in total. The molecule has 0 aliphatic carbocycles. The van der Waals surface area contributed by atoms with Gasteiger partial charge in [0.05, 0.1) is 0 Å². The molecular formula is C13H15I2NO4. The summed E-state index contributed by atoms with van der Waals surface area (Å²) in [5.41, 5.74) is 5.56. The van der Waals surface area contributed by atoms with Crippen LogP contribution in [-0.4, -0.2) is 32.4 Å². The Morgan fingerprint density at radius 1 is 1.45 bits per heavy atom. The van der Waals surface area contributed by atoms with Crippen LogP contribution in [0.1, 0.15) is 6.42 Å². The fourth-order valence-corrected chi connectivity index (χ4v) is 9.50. The summed E-state index contributed by atoms with van der Waals surface area (Å²) >= 11 is -0.445. The molecule has 1 aromatic rings. The Kier molecular flexibility index (Phi) is 5.90. The van der Waals surface area contributed by atoms with Crippen LogP contribution in [-0.2, 0) is 4.79 Å². The van der Waals surface area contributed by atoms with Crippen LogP contribution < -0.4 is 10.5 Å². The van der Waals surface area contributed by atoms with Crippen molar-refractivity contribution in [3.05, 3.63) is 24.3 Å². The van der Waals surface area contributed by atoms with E-state index >= 15 is 0 Å². The summed E-state index contributed by atoms with van der Waals surface area (Å²) in [5.74, 6) is 0.384. The second-order valence-corrected chi connectivity index (χ2v) is 11.3. The van der Waals surface area contributed by atoms with Crippen molar-refractivity contribution < 1.29 is 19.7 Å². The lowest BCUT2D eigenvalue weighted by molar-refractivity contribution is -0.138. The highest BCUT2D eigenvalue weighted by Crippen LogP contribution is 2.27. The first-order valence-electron chi connectivity index (χ1n) is 5.92. The van der Waals surface area contributed by atoms with Crippen LogP contribution in [0.4, 0.5) is 0 Å². The number of aromatic hydroxyl groups is 1. The first-order valence-corrected chi connectivity index (χ1v) is 10.9. The van der Waals surface area contributed by atoms with E-state index < -0.39 is 12.0 Å². The van der Waals surface area contributed by atoms with E-state index in [1.54, 1.807) is 24.3 Å². The predicted octanol–water partition coefficient (Wildman–Crippen LogP) is 2.03. The molecule has 0 fully saturated rings. The van der Waals surface area contributed by atoms with Gasteiger partial charge in [-0.3, -0.25) is 4.79 Å². The number of rotatable bonds is 5. The molecule has 1 aromatic carbocycles. The van der Waals surface area contributed by atoms with Crippen molar-refractivity contribution in [2.45, 2.75) is 12.5 Å². The number of hydrogen-bond acceptors (Lipinski definition) is 4. The molecule has 20 heavy (non-hydrogen) atoms. The van der Waals surface area contributed by atoms with Crippen LogP contribution in [0.5, 0.6) is 11.5 Å². The van der Waals surface area contributed by atoms with Crippen molar-refractivity contribution in [3.8, 4) is 11.5 Å². The smallest absolute Gasteiger partial charge is 0.320 e. The minimum absolute atomic E-state index is 0.176. The Morgan fingerprint density at radius 3 is 2.70 bits per heavy atom. The fourth-order valence-electron chi connectivity index (χ4n) is 1.56. The van der Waals surface area contributed by atoms with Crippen LogP contribution in [0.3, 0.4) is 0 Å². The second-order valence-electron chi connectivity index (χ2n) is 4.29. The average molecular weight is 503 g/mol. The van der Waals surface area contributed by atoms with Gasteiger partial charge >= 0.3 is 5.97 Å². The zero-order chi connectivity index (χ0) is 14.5. The highest BCUT2D eigenvalue weighted by molar-refractivity contribution is 14.3. The van der Waals surface area contributed by atoms with Crippen molar-refractivity contribution in [2.24, 2.45) is 11.7 Å². The maximum absolute atomic E-state index is 10.7. The Labute approximate surface area is 136 Å². The zero-order valence-electron chi connectivity index (χ0n) is 10.5. The third-order valence-corrected chi connectivity index (χ3v) is 10.6. The molecule has 1 aliphatic rings. The molecule has 0 radical (unpaired) electrons. The molecule has 1 unspecified atom stereocenters. The van der Waals surface area contributed by atoms with Gasteiger partial charge in [-0.05, 0) is 61.3 Å². The third kappa shape index (κ3) is 4.77. The second kappa shape index (κ2) is 7.46. The summed E-state index contributed by atoms with van der Waals surface area (Å²) in [5, 5.41) is 18.0. The normalized spacial score (nSPS) is 20.1. The molecule has 0 saturated carbocycles. The molecule has 0 saturated heterocycles. The van der Waals surface area contributed by atoms with Crippen LogP contribution >= 0.6 is 41.5 Å². The van der Waals surface area contributed by atoms with Gasteiger partial charge in [-0.1, -0.05) is 20.7 Å². The van der Waals surface area contributed by atoms with Crippen molar-refractivity contribution in [2.75, 3.05) is 4.43 Å². The maximum Gasteiger partial charge on any atom is 0.320 e. The molecule has 2 rings (SSSR count). The van der Waals surface area contributed by atoms with Gasteiger partial charge in [-0.2, -0.15) is 0 Å². The van der Waals surface area contributed by atoms with Crippen LogP contribution in [0.25, 0.3) is 0 Å². The Morgan fingerprint density at radius 2 is 2.15 bits per heavy atom. The van der Waals surface area contributed by atoms with Gasteiger partial charge in [0.2, 0.25) is 0 Å². The van der Waals surface area contributed by atoms with E-state index in [0.29, 0.717) is 12.3 Å². The highest BCUT2D eigenvalue weighted by atomic mass is 127. The van der Waals surface area contributed by atoms with E-state index in [9.17, 15) is 9.90 Å². The topological polar surface area (TPSA) is 92.8 Å². The summed E-state index contributed by atoms with van der Waals surface area (Å²) in [4.78, 5) is 10.7. The first-order chi connectivity index (χ1) is 9.54. The number of carbonyl (C=O) groups is 1. The minimum atomic E-state index is -0.926. The number of carboxylic acid groups (broad SMARTS) is 1. The van der Waals surface area contributed by atoms with Crippen LogP contribution in [0.15, 0.2) is 24.3 Å². The highest BCUT2D eigenvalue weighted by Gasteiger charge is 2.19. The third-order valence-electron chi connectivity index (χ3n) is 2.61. The molecule has 0 spiro atoms. The quantitative estimate of drug-likeness (QED) is 0.423. The van der Waals surface area contributed by atoms with E-state index in [0.717, 1.165) is 10.2 Å². The number of hydrogen-bond donors (Lipinski definition) is 3. The number of halogens is 2. The number of alkyl halides is 1. The molecule has 0 bridgehead atoms. The maximum atomic E-state index is 10.7. The predicted molar refractivity (Wildman–Crippen MR) is 96.4 cm³/mol. The lowest BCUT2D eigenvalue weighted by atomic mass is 10.1. The number of phenols is 1. The summed E-state index contributed by atoms with van der Waals surface area (Å²) in [7, 11) is 0. The molecule has 0 amide bonds. The molecule has 1 heterocycles. The standard InChI is InChI=1S/C13H15I2NO4/c16-11(12(18)19)5-8-6-14-13(15-7-8)20-10-3-1-9(17)2-4-10/h1-4,6,8,11,17H,5,7,16H2,(H,18,19)/t8?,11-/m0/s1. The lowest BCUT2D eigenvalue weighted by Gasteiger charge is -2.17. The first kappa shape index (κ1) is 15.8. The lowest BCUT2D eigenvalue weighted by Crippen LogP contribution is -2.33. The van der Waals surface area contributed by atoms with Gasteiger partial charge in [0.1, 0.15) is 17.5 Å². The molecule has 2 atom stereocenters. The van der Waals surface area contributed by atoms with Crippen molar-refractivity contribution in [3.63, 3.8) is 0 Å². The summed E-state index contributed by atoms with van der Waals surface area (Å²) in [6.45, 7) is 0. The van der Waals surface area contributed by atoms with Gasteiger partial charge in [0, 0.05) is 4.43 Å². The molecule has 7 heteroatoms. The van der Waals surface area contributed by atoms with Gasteiger partial charge in [0.15, 0.2) is 1.70 Å². The van der Waals surface area contributed by atoms with Gasteiger partial charge in [-0.25, -0.2) is 0 Å². The molecule has 1 aliphatic heterocycles. The number of carboxylic acids is 1. The SMILES string of the molecule is N[C@@H](CC1C=IC(Oc2ccc(O)cc2)=IC1)C(=O)O. The summed E-state index contributed by atoms with van der Waals surface area (Å²) in [6, 6.07) is 5.95. The van der Waals surface area contributed by atoms with E-state index in [-0.39, 0.29) is 47.2 Å². The number of nitrogens with two attached hydrogens (primary N) is 1. The Balaban J connectivity index is 1.88. The number of phenolic OH excluding ortho intramolecular Hbond substituents is 1. The minimum Gasteiger partial charge on any atom is -0.508 e.